The van der Waals surface area contributed by atoms with Crippen LogP contribution in [0.2, 0.25) is 0 Å². The molecule has 4 heterocycles. The van der Waals surface area contributed by atoms with Crippen molar-refractivity contribution in [1.29, 1.82) is 0 Å². The zero-order chi connectivity index (χ0) is 20.0. The normalized spacial score (nSPS) is 34.1. The van der Waals surface area contributed by atoms with Crippen molar-refractivity contribution >= 4 is 15.9 Å². The molecule has 0 aromatic rings. The van der Waals surface area contributed by atoms with Crippen LogP contribution in [0.25, 0.3) is 0 Å². The van der Waals surface area contributed by atoms with E-state index in [4.69, 9.17) is 0 Å². The van der Waals surface area contributed by atoms with Crippen LogP contribution in [0.5, 0.6) is 0 Å². The van der Waals surface area contributed by atoms with Crippen LogP contribution in [0.3, 0.4) is 0 Å². The summed E-state index contributed by atoms with van der Waals surface area (Å²) in [5.41, 5.74) is -5.36. The van der Waals surface area contributed by atoms with Crippen LogP contribution in [-0.4, -0.2) is 67.8 Å². The lowest BCUT2D eigenvalue weighted by Crippen LogP contribution is -2.39. The number of ketones is 1. The van der Waals surface area contributed by atoms with E-state index in [-0.39, 0.29) is 24.3 Å². The number of alkyl halides is 3. The van der Waals surface area contributed by atoms with E-state index >= 15 is 0 Å². The van der Waals surface area contributed by atoms with Crippen LogP contribution >= 0.6 is 0 Å². The molecule has 4 unspecified atom stereocenters. The first-order chi connectivity index (χ1) is 12.5. The summed E-state index contributed by atoms with van der Waals surface area (Å²) in [6.45, 7) is 0. The number of Topliss-reactive ketones (excluding diaryl/α,β-unsaturated/α-hetero) is 1. The van der Waals surface area contributed by atoms with E-state index in [1.54, 1.807) is 0 Å². The van der Waals surface area contributed by atoms with Crippen LogP contribution in [0.1, 0.15) is 44.9 Å². The van der Waals surface area contributed by atoms with Crippen molar-refractivity contribution in [2.45, 2.75) is 74.6 Å². The van der Waals surface area contributed by atoms with Crippen molar-refractivity contribution in [2.75, 3.05) is 14.1 Å². The predicted molar refractivity (Wildman–Crippen MR) is 92.1 cm³/mol. The van der Waals surface area contributed by atoms with E-state index in [2.05, 4.69) is 16.1 Å². The molecule has 0 radical (unpaired) electrons. The molecule has 0 spiro atoms. The van der Waals surface area contributed by atoms with Gasteiger partial charge in [-0.15, -0.1) is 0 Å². The predicted octanol–water partition coefficient (Wildman–Crippen LogP) is 2.42. The molecule has 6 nitrogen and oxygen atoms in total. The first-order valence-electron chi connectivity index (χ1n) is 9.15. The lowest BCUT2D eigenvalue weighted by atomic mass is 10.0. The van der Waals surface area contributed by atoms with Gasteiger partial charge in [-0.05, 0) is 45.9 Å². The second kappa shape index (κ2) is 7.36. The van der Waals surface area contributed by atoms with Crippen molar-refractivity contribution in [3.8, 4) is 0 Å². The van der Waals surface area contributed by atoms with Crippen molar-refractivity contribution < 1.29 is 30.6 Å². The Morgan fingerprint density at radius 3 is 2.00 bits per heavy atom. The van der Waals surface area contributed by atoms with Gasteiger partial charge in [0, 0.05) is 43.4 Å². The third kappa shape index (κ3) is 4.32. The summed E-state index contributed by atoms with van der Waals surface area (Å²) in [5.74, 6) is 0.388. The average Bonchev–Trinajstić information content (AvgIpc) is 2.91. The lowest BCUT2D eigenvalue weighted by Gasteiger charge is -2.29. The minimum Gasteiger partial charge on any atom is -0.381 e. The fourth-order valence-corrected chi connectivity index (χ4v) is 4.94. The van der Waals surface area contributed by atoms with Gasteiger partial charge in [-0.2, -0.15) is 21.6 Å². The van der Waals surface area contributed by atoms with Gasteiger partial charge in [0.15, 0.2) is 0 Å². The fraction of sp³-hybridized carbons (Fsp3) is 0.824. The first kappa shape index (κ1) is 20.6. The Balaban J connectivity index is 0.000000177. The SMILES string of the molecule is CN1C2C=C(OS(=O)(=O)C(F)(F)F)CC1CC2.CN1C2CCC1CC(=O)C2. The van der Waals surface area contributed by atoms with Crippen LogP contribution < -0.4 is 0 Å². The Bertz CT molecular complexity index is 706. The molecule has 4 aliphatic heterocycles. The van der Waals surface area contributed by atoms with E-state index in [0.717, 1.165) is 25.7 Å². The summed E-state index contributed by atoms with van der Waals surface area (Å²) >= 11 is 0. The van der Waals surface area contributed by atoms with Gasteiger partial charge in [-0.3, -0.25) is 14.6 Å². The first-order valence-corrected chi connectivity index (χ1v) is 10.6. The Hall–Kier alpha value is -1.13. The number of nitrogens with zero attached hydrogens (tertiary/aromatic N) is 2. The smallest absolute Gasteiger partial charge is 0.381 e. The highest BCUT2D eigenvalue weighted by atomic mass is 32.2. The highest BCUT2D eigenvalue weighted by molar-refractivity contribution is 7.87. The van der Waals surface area contributed by atoms with E-state index < -0.39 is 15.6 Å². The van der Waals surface area contributed by atoms with E-state index in [1.165, 1.54) is 18.9 Å². The van der Waals surface area contributed by atoms with Gasteiger partial charge in [-0.25, -0.2) is 0 Å². The summed E-state index contributed by atoms with van der Waals surface area (Å²) in [6.07, 6.45) is 7.45. The number of likely N-dealkylation sites (N-methyl/N-ethyl adjacent to an activating group) is 1. The van der Waals surface area contributed by atoms with Gasteiger partial charge in [0.25, 0.3) is 0 Å². The molecule has 0 saturated carbocycles. The summed E-state index contributed by atoms with van der Waals surface area (Å²) in [7, 11) is -1.50. The summed E-state index contributed by atoms with van der Waals surface area (Å²) < 4.78 is 62.2. The molecule has 4 aliphatic rings. The molecule has 0 aliphatic carbocycles. The maximum Gasteiger partial charge on any atom is 0.534 e. The zero-order valence-corrected chi connectivity index (χ0v) is 16.2. The van der Waals surface area contributed by atoms with Crippen molar-refractivity contribution in [1.82, 2.24) is 9.80 Å². The van der Waals surface area contributed by atoms with Crippen LogP contribution in [0.4, 0.5) is 13.2 Å². The summed E-state index contributed by atoms with van der Waals surface area (Å²) in [5, 5.41) is 0. The molecule has 3 saturated heterocycles. The van der Waals surface area contributed by atoms with E-state index in [9.17, 15) is 26.4 Å². The second-order valence-corrected chi connectivity index (χ2v) is 9.32. The third-order valence-electron chi connectivity index (χ3n) is 6.12. The maximum absolute atomic E-state index is 12.1. The Kier molecular flexibility index (Phi) is 5.62. The number of carbonyl (C=O) groups excluding carboxylic acids is 1. The maximum atomic E-state index is 12.1. The Labute approximate surface area is 157 Å². The largest absolute Gasteiger partial charge is 0.534 e. The summed E-state index contributed by atoms with van der Waals surface area (Å²) in [4.78, 5) is 15.4. The lowest BCUT2D eigenvalue weighted by molar-refractivity contribution is -0.123. The average molecular weight is 410 g/mol. The Morgan fingerprint density at radius 2 is 1.48 bits per heavy atom. The second-order valence-electron chi connectivity index (χ2n) is 7.78. The molecule has 27 heavy (non-hydrogen) atoms. The minimum absolute atomic E-state index is 0.0211. The molecule has 0 aromatic carbocycles. The fourth-order valence-electron chi connectivity index (χ4n) is 4.44. The quantitative estimate of drug-likeness (QED) is 0.515. The monoisotopic (exact) mass is 410 g/mol. The highest BCUT2D eigenvalue weighted by Crippen LogP contribution is 2.36. The van der Waals surface area contributed by atoms with Crippen molar-refractivity contribution in [2.24, 2.45) is 0 Å². The van der Waals surface area contributed by atoms with Gasteiger partial charge in [0.1, 0.15) is 11.5 Å². The Morgan fingerprint density at radius 1 is 0.963 bits per heavy atom. The standard InChI is InChI=1S/C9H12F3NO3S.C8H13NO/c1-13-6-2-3-7(13)5-8(4-6)16-17(14,15)9(10,11)12;1-9-6-2-3-7(9)5-8(10)4-6/h4,6-7H,2-3,5H2,1H3;6-7H,2-5H2,1H3. The van der Waals surface area contributed by atoms with Crippen molar-refractivity contribution in [3.63, 3.8) is 0 Å². The van der Waals surface area contributed by atoms with Gasteiger partial charge in [-0.1, -0.05) is 0 Å². The highest BCUT2D eigenvalue weighted by Gasteiger charge is 2.49. The number of carbonyl (C=O) groups is 1. The molecule has 0 N–H and O–H groups in total. The number of fused-ring (bicyclic) bond motifs is 4. The third-order valence-corrected chi connectivity index (χ3v) is 7.12. The number of piperidine rings is 1. The van der Waals surface area contributed by atoms with E-state index in [0.29, 0.717) is 17.9 Å². The summed E-state index contributed by atoms with van der Waals surface area (Å²) in [6, 6.07) is 1.23. The topological polar surface area (TPSA) is 66.9 Å². The molecule has 3 fully saturated rings. The number of halogens is 3. The van der Waals surface area contributed by atoms with Gasteiger partial charge < -0.3 is 4.18 Å². The van der Waals surface area contributed by atoms with Crippen LogP contribution in [0.15, 0.2) is 11.8 Å². The van der Waals surface area contributed by atoms with Gasteiger partial charge in [0.2, 0.25) is 0 Å². The van der Waals surface area contributed by atoms with Crippen LogP contribution in [0, 0.1) is 0 Å². The number of hydrogen-bond acceptors (Lipinski definition) is 6. The molecule has 4 rings (SSSR count). The molecular formula is C17H25F3N2O4S. The zero-order valence-electron chi connectivity index (χ0n) is 15.4. The molecule has 0 amide bonds. The number of hydrogen-bond donors (Lipinski definition) is 0. The van der Waals surface area contributed by atoms with Gasteiger partial charge in [0.05, 0.1) is 0 Å². The molecule has 4 atom stereocenters. The van der Waals surface area contributed by atoms with Gasteiger partial charge >= 0.3 is 15.6 Å². The molecule has 4 bridgehead atoms. The van der Waals surface area contributed by atoms with Crippen molar-refractivity contribution in [3.05, 3.63) is 11.8 Å². The molecule has 154 valence electrons. The molecular weight excluding hydrogens is 385 g/mol. The number of rotatable bonds is 2. The molecule has 10 heteroatoms. The molecule has 0 aromatic heterocycles. The minimum atomic E-state index is -5.52. The van der Waals surface area contributed by atoms with Crippen LogP contribution in [-0.2, 0) is 19.1 Å². The van der Waals surface area contributed by atoms with E-state index in [1.807, 2.05) is 11.9 Å².